The Morgan fingerprint density at radius 2 is 1.83 bits per heavy atom. The van der Waals surface area contributed by atoms with Crippen LogP contribution in [0, 0.1) is 18.8 Å². The van der Waals surface area contributed by atoms with Crippen LogP contribution in [0.3, 0.4) is 0 Å². The Morgan fingerprint density at radius 1 is 1.10 bits per heavy atom. The molecule has 1 heterocycles. The molecule has 2 aromatic carbocycles. The van der Waals surface area contributed by atoms with Gasteiger partial charge in [0.05, 0.1) is 28.6 Å². The highest BCUT2D eigenvalue weighted by atomic mass is 79.9. The van der Waals surface area contributed by atoms with Crippen molar-refractivity contribution in [3.63, 3.8) is 0 Å². The lowest BCUT2D eigenvalue weighted by molar-refractivity contribution is -0.143. The number of aryl methyl sites for hydroxylation is 1. The Morgan fingerprint density at radius 3 is 2.53 bits per heavy atom. The third-order valence-corrected chi connectivity index (χ3v) is 5.25. The SMILES string of the molecule is CCOC(=O)CCC(=O)c1nc2c(C#Cc3ccc(C)cc3)cccc2c(Br)c1O. The molecular formula is C24H20BrNO4. The summed E-state index contributed by atoms with van der Waals surface area (Å²) in [6.07, 6.45) is -0.174. The number of halogens is 1. The summed E-state index contributed by atoms with van der Waals surface area (Å²) in [4.78, 5) is 28.6. The minimum Gasteiger partial charge on any atom is -0.504 e. The number of rotatable bonds is 5. The van der Waals surface area contributed by atoms with Gasteiger partial charge in [-0.05, 0) is 48.0 Å². The zero-order chi connectivity index (χ0) is 21.7. The van der Waals surface area contributed by atoms with Gasteiger partial charge in [0.1, 0.15) is 5.69 Å². The number of benzene rings is 2. The molecule has 0 radical (unpaired) electrons. The molecule has 0 fully saturated rings. The molecule has 0 aliphatic heterocycles. The standard InChI is InChI=1S/C24H20BrNO4/c1-3-30-20(28)14-13-19(27)23-24(29)21(25)18-6-4-5-17(22(18)26-23)12-11-16-9-7-15(2)8-10-16/h4-10,29H,3,13-14H2,1-2H3. The predicted molar refractivity (Wildman–Crippen MR) is 118 cm³/mol. The molecule has 0 saturated carbocycles. The first kappa shape index (κ1) is 21.5. The topological polar surface area (TPSA) is 76.5 Å². The zero-order valence-corrected chi connectivity index (χ0v) is 18.2. The van der Waals surface area contributed by atoms with Crippen molar-refractivity contribution in [2.24, 2.45) is 0 Å². The predicted octanol–water partition coefficient (Wildman–Crippen LogP) is 4.94. The van der Waals surface area contributed by atoms with Crippen LogP contribution >= 0.6 is 15.9 Å². The van der Waals surface area contributed by atoms with Crippen LogP contribution < -0.4 is 0 Å². The van der Waals surface area contributed by atoms with E-state index in [2.05, 4.69) is 32.8 Å². The van der Waals surface area contributed by atoms with E-state index in [9.17, 15) is 14.7 Å². The summed E-state index contributed by atoms with van der Waals surface area (Å²) in [6.45, 7) is 3.96. The summed E-state index contributed by atoms with van der Waals surface area (Å²) < 4.78 is 5.22. The van der Waals surface area contributed by atoms with Crippen LogP contribution in [0.4, 0.5) is 0 Å². The molecule has 0 atom stereocenters. The van der Waals surface area contributed by atoms with Gasteiger partial charge in [-0.1, -0.05) is 41.7 Å². The van der Waals surface area contributed by atoms with Crippen molar-refractivity contribution >= 4 is 38.6 Å². The van der Waals surface area contributed by atoms with Gasteiger partial charge in [-0.25, -0.2) is 4.98 Å². The summed E-state index contributed by atoms with van der Waals surface area (Å²) in [5.41, 5.74) is 3.05. The van der Waals surface area contributed by atoms with E-state index in [1.54, 1.807) is 13.0 Å². The van der Waals surface area contributed by atoms with E-state index in [4.69, 9.17) is 4.74 Å². The van der Waals surface area contributed by atoms with E-state index in [1.807, 2.05) is 43.3 Å². The second-order valence-electron chi connectivity index (χ2n) is 6.67. The number of para-hydroxylation sites is 1. The fraction of sp³-hybridized carbons (Fsp3) is 0.208. The molecule has 5 nitrogen and oxygen atoms in total. The van der Waals surface area contributed by atoms with Crippen molar-refractivity contribution in [2.45, 2.75) is 26.7 Å². The lowest BCUT2D eigenvalue weighted by atomic mass is 10.1. The minimum atomic E-state index is -0.463. The second-order valence-corrected chi connectivity index (χ2v) is 7.46. The number of aromatic nitrogens is 1. The number of hydrogen-bond donors (Lipinski definition) is 1. The first-order valence-corrected chi connectivity index (χ1v) is 10.3. The third-order valence-electron chi connectivity index (χ3n) is 4.45. The third kappa shape index (κ3) is 4.87. The van der Waals surface area contributed by atoms with Crippen LogP contribution in [-0.2, 0) is 9.53 Å². The Kier molecular flexibility index (Phi) is 6.86. The number of pyridine rings is 1. The zero-order valence-electron chi connectivity index (χ0n) is 16.7. The molecule has 0 aliphatic carbocycles. The van der Waals surface area contributed by atoms with Gasteiger partial charge < -0.3 is 9.84 Å². The van der Waals surface area contributed by atoms with Crippen molar-refractivity contribution in [3.05, 3.63) is 69.3 Å². The van der Waals surface area contributed by atoms with Gasteiger partial charge in [-0.15, -0.1) is 0 Å². The van der Waals surface area contributed by atoms with Gasteiger partial charge in [0, 0.05) is 17.4 Å². The fourth-order valence-corrected chi connectivity index (χ4v) is 3.38. The van der Waals surface area contributed by atoms with Crippen molar-refractivity contribution in [1.29, 1.82) is 0 Å². The summed E-state index contributed by atoms with van der Waals surface area (Å²) in [5.74, 6) is 5.05. The first-order valence-electron chi connectivity index (χ1n) is 9.49. The van der Waals surface area contributed by atoms with Crippen molar-refractivity contribution in [3.8, 4) is 17.6 Å². The largest absolute Gasteiger partial charge is 0.504 e. The quantitative estimate of drug-likeness (QED) is 0.328. The Hall–Kier alpha value is -3.17. The molecule has 0 bridgehead atoms. The maximum atomic E-state index is 12.6. The number of aromatic hydroxyl groups is 1. The van der Waals surface area contributed by atoms with Crippen LogP contribution in [0.25, 0.3) is 10.9 Å². The van der Waals surface area contributed by atoms with E-state index in [1.165, 1.54) is 0 Å². The lowest BCUT2D eigenvalue weighted by Crippen LogP contribution is -2.10. The molecule has 3 aromatic rings. The fourth-order valence-electron chi connectivity index (χ4n) is 2.88. The van der Waals surface area contributed by atoms with E-state index < -0.39 is 11.8 Å². The van der Waals surface area contributed by atoms with Crippen LogP contribution in [0.15, 0.2) is 46.9 Å². The normalized spacial score (nSPS) is 10.4. The molecule has 152 valence electrons. The molecule has 0 saturated heterocycles. The van der Waals surface area contributed by atoms with Crippen molar-refractivity contribution < 1.29 is 19.4 Å². The monoisotopic (exact) mass is 465 g/mol. The number of ether oxygens (including phenoxy) is 1. The molecule has 30 heavy (non-hydrogen) atoms. The second kappa shape index (κ2) is 9.55. The van der Waals surface area contributed by atoms with Crippen LogP contribution in [0.5, 0.6) is 5.75 Å². The highest BCUT2D eigenvalue weighted by molar-refractivity contribution is 9.10. The number of Topliss-reactive ketones (excluding diaryl/α,β-unsaturated/α-hetero) is 1. The van der Waals surface area contributed by atoms with Crippen LogP contribution in [-0.4, -0.2) is 28.4 Å². The number of ketones is 1. The van der Waals surface area contributed by atoms with Gasteiger partial charge in [0.25, 0.3) is 0 Å². The summed E-state index contributed by atoms with van der Waals surface area (Å²) >= 11 is 3.36. The van der Waals surface area contributed by atoms with Gasteiger partial charge >= 0.3 is 5.97 Å². The Labute approximate surface area is 183 Å². The van der Waals surface area contributed by atoms with E-state index >= 15 is 0 Å². The number of esters is 1. The van der Waals surface area contributed by atoms with E-state index in [0.717, 1.165) is 11.1 Å². The van der Waals surface area contributed by atoms with Crippen molar-refractivity contribution in [1.82, 2.24) is 4.98 Å². The van der Waals surface area contributed by atoms with Crippen LogP contribution in [0.2, 0.25) is 0 Å². The number of fused-ring (bicyclic) bond motifs is 1. The summed E-state index contributed by atoms with van der Waals surface area (Å²) in [5, 5.41) is 11.1. The lowest BCUT2D eigenvalue weighted by Gasteiger charge is -2.09. The highest BCUT2D eigenvalue weighted by Crippen LogP contribution is 2.35. The minimum absolute atomic E-state index is 0.0711. The maximum absolute atomic E-state index is 12.6. The molecule has 1 aromatic heterocycles. The van der Waals surface area contributed by atoms with Gasteiger partial charge in [-0.3, -0.25) is 9.59 Å². The van der Waals surface area contributed by atoms with E-state index in [-0.39, 0.29) is 30.9 Å². The average Bonchev–Trinajstić information content (AvgIpc) is 2.74. The summed E-state index contributed by atoms with van der Waals surface area (Å²) in [6, 6.07) is 13.3. The maximum Gasteiger partial charge on any atom is 0.306 e. The number of carbonyl (C=O) groups excluding carboxylic acids is 2. The molecule has 0 spiro atoms. The molecule has 0 aliphatic rings. The van der Waals surface area contributed by atoms with Gasteiger partial charge in [0.2, 0.25) is 0 Å². The van der Waals surface area contributed by atoms with Crippen molar-refractivity contribution in [2.75, 3.05) is 6.61 Å². The Bertz CT molecular complexity index is 1170. The molecule has 1 N–H and O–H groups in total. The molecule has 0 unspecified atom stereocenters. The molecular weight excluding hydrogens is 446 g/mol. The Balaban J connectivity index is 2.00. The van der Waals surface area contributed by atoms with Gasteiger partial charge in [0.15, 0.2) is 11.5 Å². The molecule has 3 rings (SSSR count). The average molecular weight is 466 g/mol. The van der Waals surface area contributed by atoms with E-state index in [0.29, 0.717) is 20.9 Å². The van der Waals surface area contributed by atoms with Crippen LogP contribution in [0.1, 0.15) is 46.9 Å². The first-order chi connectivity index (χ1) is 14.4. The number of hydrogen-bond acceptors (Lipinski definition) is 5. The highest BCUT2D eigenvalue weighted by Gasteiger charge is 2.20. The smallest absolute Gasteiger partial charge is 0.306 e. The number of carbonyl (C=O) groups is 2. The molecule has 0 amide bonds. The number of nitrogens with zero attached hydrogens (tertiary/aromatic N) is 1. The molecule has 6 heteroatoms. The summed E-state index contributed by atoms with van der Waals surface area (Å²) in [7, 11) is 0. The van der Waals surface area contributed by atoms with Gasteiger partial charge in [-0.2, -0.15) is 0 Å².